The molecule has 1 atom stereocenters. The summed E-state index contributed by atoms with van der Waals surface area (Å²) in [6.45, 7) is 2.11. The summed E-state index contributed by atoms with van der Waals surface area (Å²) in [7, 11) is 0. The van der Waals surface area contributed by atoms with Crippen molar-refractivity contribution in [1.29, 1.82) is 0 Å². The largest absolute Gasteiger partial charge is 0.351 e. The van der Waals surface area contributed by atoms with Gasteiger partial charge in [0.2, 0.25) is 16.5 Å². The molecule has 0 saturated heterocycles. The van der Waals surface area contributed by atoms with Crippen LogP contribution < -0.4 is 5.32 Å². The van der Waals surface area contributed by atoms with Crippen LogP contribution in [0.2, 0.25) is 10.6 Å². The number of nitrogens with zero attached hydrogens (tertiary/aromatic N) is 4. The van der Waals surface area contributed by atoms with E-state index < -0.39 is 0 Å². The van der Waals surface area contributed by atoms with Crippen LogP contribution >= 0.6 is 23.2 Å². The molecule has 1 unspecified atom stereocenters. The van der Waals surface area contributed by atoms with Gasteiger partial charge in [-0.25, -0.2) is 0 Å². The van der Waals surface area contributed by atoms with Crippen LogP contribution in [-0.2, 0) is 6.42 Å². The van der Waals surface area contributed by atoms with Gasteiger partial charge in [-0.1, -0.05) is 6.92 Å². The molecule has 2 rings (SSSR count). The standard InChI is InChI=1S/C13H15Cl2N5/c1-2-10(4-3-9-5-7-16-8-6-9)17-13-19-11(14)18-12(15)20-13/h5-8,10H,2-4H2,1H3,(H,17,18,19,20). The summed E-state index contributed by atoms with van der Waals surface area (Å²) in [6, 6.07) is 4.28. The molecule has 0 radical (unpaired) electrons. The molecule has 0 aliphatic carbocycles. The molecule has 7 heteroatoms. The molecule has 1 N–H and O–H groups in total. The quantitative estimate of drug-likeness (QED) is 0.885. The molecular weight excluding hydrogens is 297 g/mol. The monoisotopic (exact) mass is 311 g/mol. The van der Waals surface area contributed by atoms with Crippen molar-refractivity contribution in [2.45, 2.75) is 32.2 Å². The molecule has 0 amide bonds. The fourth-order valence-corrected chi connectivity index (χ4v) is 2.21. The maximum absolute atomic E-state index is 5.76. The molecular formula is C13H15Cl2N5. The predicted octanol–water partition coefficient (Wildman–Crippen LogP) is 3.40. The number of halogens is 2. The minimum absolute atomic E-state index is 0.0940. The van der Waals surface area contributed by atoms with Crippen LogP contribution in [0.25, 0.3) is 0 Å². The normalized spacial score (nSPS) is 12.2. The lowest BCUT2D eigenvalue weighted by Gasteiger charge is -2.16. The number of hydrogen-bond donors (Lipinski definition) is 1. The van der Waals surface area contributed by atoms with Crippen molar-refractivity contribution in [3.8, 4) is 0 Å². The number of nitrogens with one attached hydrogen (secondary N) is 1. The molecule has 0 aliphatic rings. The molecule has 2 aromatic heterocycles. The molecule has 20 heavy (non-hydrogen) atoms. The van der Waals surface area contributed by atoms with E-state index >= 15 is 0 Å². The van der Waals surface area contributed by atoms with E-state index in [0.29, 0.717) is 5.95 Å². The maximum atomic E-state index is 5.76. The van der Waals surface area contributed by atoms with Crippen LogP contribution in [0.3, 0.4) is 0 Å². The topological polar surface area (TPSA) is 63.6 Å². The van der Waals surface area contributed by atoms with Gasteiger partial charge in [0.15, 0.2) is 0 Å². The van der Waals surface area contributed by atoms with E-state index in [-0.39, 0.29) is 16.6 Å². The van der Waals surface area contributed by atoms with Crippen LogP contribution in [0.15, 0.2) is 24.5 Å². The second-order valence-electron chi connectivity index (χ2n) is 4.34. The average molecular weight is 312 g/mol. The first kappa shape index (κ1) is 14.9. The minimum Gasteiger partial charge on any atom is -0.351 e. The molecule has 5 nitrogen and oxygen atoms in total. The highest BCUT2D eigenvalue weighted by Gasteiger charge is 2.10. The van der Waals surface area contributed by atoms with Gasteiger partial charge in [-0.05, 0) is 60.2 Å². The lowest BCUT2D eigenvalue weighted by Crippen LogP contribution is -2.21. The molecule has 0 bridgehead atoms. The van der Waals surface area contributed by atoms with Gasteiger partial charge in [0.05, 0.1) is 0 Å². The Balaban J connectivity index is 1.95. The van der Waals surface area contributed by atoms with Gasteiger partial charge in [0.25, 0.3) is 0 Å². The highest BCUT2D eigenvalue weighted by atomic mass is 35.5. The Morgan fingerprint density at radius 3 is 2.35 bits per heavy atom. The third-order valence-electron chi connectivity index (χ3n) is 2.94. The van der Waals surface area contributed by atoms with Crippen LogP contribution in [-0.4, -0.2) is 26.0 Å². The van der Waals surface area contributed by atoms with Gasteiger partial charge in [-0.3, -0.25) is 4.98 Å². The second-order valence-corrected chi connectivity index (χ2v) is 5.02. The van der Waals surface area contributed by atoms with Gasteiger partial charge < -0.3 is 5.32 Å². The van der Waals surface area contributed by atoms with E-state index in [1.807, 2.05) is 12.1 Å². The molecule has 2 heterocycles. The van der Waals surface area contributed by atoms with E-state index in [9.17, 15) is 0 Å². The van der Waals surface area contributed by atoms with E-state index in [4.69, 9.17) is 23.2 Å². The van der Waals surface area contributed by atoms with Crippen molar-refractivity contribution in [1.82, 2.24) is 19.9 Å². The highest BCUT2D eigenvalue weighted by molar-refractivity contribution is 6.31. The van der Waals surface area contributed by atoms with Crippen molar-refractivity contribution in [3.63, 3.8) is 0 Å². The average Bonchev–Trinajstić information content (AvgIpc) is 2.43. The fraction of sp³-hybridized carbons (Fsp3) is 0.385. The second kappa shape index (κ2) is 7.36. The van der Waals surface area contributed by atoms with E-state index in [2.05, 4.69) is 32.2 Å². The lowest BCUT2D eigenvalue weighted by atomic mass is 10.0. The number of rotatable bonds is 6. The zero-order valence-corrected chi connectivity index (χ0v) is 12.6. The SMILES string of the molecule is CCC(CCc1ccncc1)Nc1nc(Cl)nc(Cl)n1. The highest BCUT2D eigenvalue weighted by Crippen LogP contribution is 2.14. The fourth-order valence-electron chi connectivity index (χ4n) is 1.84. The number of hydrogen-bond acceptors (Lipinski definition) is 5. The number of pyridine rings is 1. The van der Waals surface area contributed by atoms with Crippen molar-refractivity contribution in [2.24, 2.45) is 0 Å². The predicted molar refractivity (Wildman–Crippen MR) is 80.1 cm³/mol. The Bertz CT molecular complexity index is 529. The smallest absolute Gasteiger partial charge is 0.228 e. The molecule has 0 aromatic carbocycles. The van der Waals surface area contributed by atoms with Crippen LogP contribution in [0, 0.1) is 0 Å². The summed E-state index contributed by atoms with van der Waals surface area (Å²) in [4.78, 5) is 15.8. The Morgan fingerprint density at radius 2 is 1.75 bits per heavy atom. The number of anilines is 1. The van der Waals surface area contributed by atoms with E-state index in [0.717, 1.165) is 19.3 Å². The first-order valence-corrected chi connectivity index (χ1v) is 7.15. The summed E-state index contributed by atoms with van der Waals surface area (Å²) in [5.74, 6) is 0.413. The third-order valence-corrected chi connectivity index (χ3v) is 3.28. The zero-order valence-electron chi connectivity index (χ0n) is 11.1. The Hall–Kier alpha value is -1.46. The van der Waals surface area contributed by atoms with Crippen LogP contribution in [0.1, 0.15) is 25.3 Å². The van der Waals surface area contributed by atoms with Crippen molar-refractivity contribution >= 4 is 29.2 Å². The molecule has 2 aromatic rings. The maximum Gasteiger partial charge on any atom is 0.228 e. The Labute approximate surface area is 127 Å². The Morgan fingerprint density at radius 1 is 1.10 bits per heavy atom. The van der Waals surface area contributed by atoms with Crippen LogP contribution in [0.5, 0.6) is 0 Å². The third kappa shape index (κ3) is 4.58. The van der Waals surface area contributed by atoms with Gasteiger partial charge in [-0.15, -0.1) is 0 Å². The van der Waals surface area contributed by atoms with Gasteiger partial charge in [0.1, 0.15) is 0 Å². The lowest BCUT2D eigenvalue weighted by molar-refractivity contribution is 0.627. The molecule has 0 aliphatic heterocycles. The molecule has 0 spiro atoms. The Kier molecular flexibility index (Phi) is 5.49. The molecule has 106 valence electrons. The van der Waals surface area contributed by atoms with Crippen molar-refractivity contribution in [2.75, 3.05) is 5.32 Å². The van der Waals surface area contributed by atoms with Crippen molar-refractivity contribution < 1.29 is 0 Å². The van der Waals surface area contributed by atoms with Gasteiger partial charge >= 0.3 is 0 Å². The van der Waals surface area contributed by atoms with Gasteiger partial charge in [-0.2, -0.15) is 15.0 Å². The van der Waals surface area contributed by atoms with E-state index in [1.165, 1.54) is 5.56 Å². The summed E-state index contributed by atoms with van der Waals surface area (Å²) >= 11 is 11.5. The van der Waals surface area contributed by atoms with E-state index in [1.54, 1.807) is 12.4 Å². The summed E-state index contributed by atoms with van der Waals surface area (Å²) in [5, 5.41) is 3.42. The first-order chi connectivity index (χ1) is 9.67. The number of aryl methyl sites for hydroxylation is 1. The first-order valence-electron chi connectivity index (χ1n) is 6.40. The molecule has 0 saturated carbocycles. The molecule has 0 fully saturated rings. The zero-order chi connectivity index (χ0) is 14.4. The minimum atomic E-state index is 0.0940. The summed E-state index contributed by atoms with van der Waals surface area (Å²) < 4.78 is 0. The van der Waals surface area contributed by atoms with Crippen LogP contribution in [0.4, 0.5) is 5.95 Å². The summed E-state index contributed by atoms with van der Waals surface area (Å²) in [5.41, 5.74) is 1.26. The van der Waals surface area contributed by atoms with Crippen molar-refractivity contribution in [3.05, 3.63) is 40.7 Å². The summed E-state index contributed by atoms with van der Waals surface area (Å²) in [6.07, 6.45) is 6.47. The van der Waals surface area contributed by atoms with Gasteiger partial charge in [0, 0.05) is 18.4 Å². The number of aromatic nitrogens is 4.